The zero-order chi connectivity index (χ0) is 7.40. The number of nitrogens with zero attached hydrogens (tertiary/aromatic N) is 2. The van der Waals surface area contributed by atoms with Gasteiger partial charge in [-0.1, -0.05) is 0 Å². The topological polar surface area (TPSA) is 54.9 Å². The van der Waals surface area contributed by atoms with E-state index in [1.54, 1.807) is 0 Å². The fourth-order valence-corrected chi connectivity index (χ4v) is 0.415. The lowest BCUT2D eigenvalue weighted by Crippen LogP contribution is -1.97. The van der Waals surface area contributed by atoms with Gasteiger partial charge in [0.2, 0.25) is 6.41 Å². The molecule has 0 aliphatic rings. The van der Waals surface area contributed by atoms with Crippen LogP contribution in [0.2, 0.25) is 0 Å². The minimum Gasteiger partial charge on any atom is -0.326 e. The van der Waals surface area contributed by atoms with Gasteiger partial charge in [-0.3, -0.25) is 4.79 Å². The quantitative estimate of drug-likeness (QED) is 0.464. The number of rotatable bonds is 2. The highest BCUT2D eigenvalue weighted by Crippen LogP contribution is 1.97. The molecule has 10 heavy (non-hydrogen) atoms. The van der Waals surface area contributed by atoms with Crippen molar-refractivity contribution in [3.63, 3.8) is 0 Å². The van der Waals surface area contributed by atoms with Crippen LogP contribution in [0.5, 0.6) is 0 Å². The number of amides is 1. The molecular weight excluding hydrogens is 137 g/mol. The number of nitrogens with one attached hydrogen (secondary N) is 1. The highest BCUT2D eigenvalue weighted by atomic mass is 19.1. The van der Waals surface area contributed by atoms with Crippen molar-refractivity contribution >= 4 is 12.1 Å². The Balaban J connectivity index is 2.78. The van der Waals surface area contributed by atoms with E-state index in [1.165, 1.54) is 0 Å². The van der Waals surface area contributed by atoms with E-state index in [1.807, 2.05) is 0 Å². The Morgan fingerprint density at radius 2 is 2.60 bits per heavy atom. The molecule has 0 aromatic carbocycles. The van der Waals surface area contributed by atoms with Gasteiger partial charge in [0, 0.05) is 0 Å². The molecule has 0 saturated carbocycles. The van der Waals surface area contributed by atoms with Crippen LogP contribution in [0.3, 0.4) is 0 Å². The van der Waals surface area contributed by atoms with Crippen LogP contribution in [0.25, 0.3) is 0 Å². The van der Waals surface area contributed by atoms with E-state index in [0.29, 0.717) is 6.41 Å². The molecule has 0 bridgehead atoms. The summed E-state index contributed by atoms with van der Waals surface area (Å²) in [5.41, 5.74) is 0.247. The number of aromatic nitrogens is 2. The van der Waals surface area contributed by atoms with Gasteiger partial charge in [-0.2, -0.15) is 9.37 Å². The van der Waals surface area contributed by atoms with Gasteiger partial charge in [-0.15, -0.1) is 0 Å². The number of hydrogen-bond donors (Lipinski definition) is 1. The minimum atomic E-state index is -0.864. The number of carbonyl (C=O) groups excluding carboxylic acids is 1. The van der Waals surface area contributed by atoms with Crippen LogP contribution in [0.1, 0.15) is 0 Å². The van der Waals surface area contributed by atoms with Gasteiger partial charge in [0.1, 0.15) is 6.20 Å². The summed E-state index contributed by atoms with van der Waals surface area (Å²) in [5.74, 6) is 0. The number of anilines is 1. The second kappa shape index (κ2) is 2.86. The molecule has 5 heteroatoms. The third-order valence-corrected chi connectivity index (χ3v) is 0.783. The Labute approximate surface area is 56.1 Å². The van der Waals surface area contributed by atoms with Gasteiger partial charge in [-0.25, -0.2) is 4.98 Å². The zero-order valence-corrected chi connectivity index (χ0v) is 4.84. The lowest BCUT2D eigenvalue weighted by atomic mass is 10.5. The first kappa shape index (κ1) is 6.60. The van der Waals surface area contributed by atoms with Crippen molar-refractivity contribution in [1.82, 2.24) is 9.97 Å². The van der Waals surface area contributed by atoms with Crippen LogP contribution in [0, 0.1) is 12.3 Å². The standard InChI is InChI=1S/C5H3FN3O/c6-5-7-1-4(2-8-5)9-3-10/h1,3H,(H,9,10). The molecule has 1 radical (unpaired) electrons. The maximum atomic E-state index is 12.0. The lowest BCUT2D eigenvalue weighted by Gasteiger charge is -1.92. The summed E-state index contributed by atoms with van der Waals surface area (Å²) in [4.78, 5) is 16.0. The largest absolute Gasteiger partial charge is 0.326 e. The van der Waals surface area contributed by atoms with Crippen LogP contribution in [-0.2, 0) is 4.79 Å². The first-order valence-electron chi connectivity index (χ1n) is 2.43. The van der Waals surface area contributed by atoms with Crippen molar-refractivity contribution in [3.8, 4) is 0 Å². The van der Waals surface area contributed by atoms with Crippen molar-refractivity contribution < 1.29 is 9.18 Å². The average molecular weight is 140 g/mol. The van der Waals surface area contributed by atoms with E-state index in [-0.39, 0.29) is 5.69 Å². The minimum absolute atomic E-state index is 0.247. The van der Waals surface area contributed by atoms with Crippen molar-refractivity contribution in [2.75, 3.05) is 5.32 Å². The molecule has 0 unspecified atom stereocenters. The molecule has 0 saturated heterocycles. The van der Waals surface area contributed by atoms with Crippen molar-refractivity contribution in [3.05, 3.63) is 18.5 Å². The molecule has 1 heterocycles. The maximum Gasteiger partial charge on any atom is 0.309 e. The van der Waals surface area contributed by atoms with Gasteiger partial charge >= 0.3 is 6.08 Å². The number of hydrogen-bond acceptors (Lipinski definition) is 3. The normalized spacial score (nSPS) is 8.90. The predicted molar refractivity (Wildman–Crippen MR) is 30.5 cm³/mol. The Bertz CT molecular complexity index is 223. The van der Waals surface area contributed by atoms with E-state index in [0.717, 1.165) is 6.20 Å². The van der Waals surface area contributed by atoms with Crippen LogP contribution in [0.4, 0.5) is 10.1 Å². The Hall–Kier alpha value is -1.52. The van der Waals surface area contributed by atoms with E-state index in [9.17, 15) is 9.18 Å². The first-order chi connectivity index (χ1) is 4.83. The molecule has 0 atom stereocenters. The molecule has 0 aliphatic carbocycles. The molecule has 0 aliphatic heterocycles. The average Bonchev–Trinajstić information content (AvgIpc) is 1.95. The molecule has 1 rings (SSSR count). The molecule has 1 N–H and O–H groups in total. The Kier molecular flexibility index (Phi) is 1.89. The molecular formula is C5H3FN3O. The fourth-order valence-electron chi connectivity index (χ4n) is 0.415. The third-order valence-electron chi connectivity index (χ3n) is 0.783. The van der Waals surface area contributed by atoms with Crippen molar-refractivity contribution in [2.45, 2.75) is 0 Å². The highest BCUT2D eigenvalue weighted by molar-refractivity contribution is 5.69. The lowest BCUT2D eigenvalue weighted by molar-refractivity contribution is -0.105. The molecule has 0 spiro atoms. The highest BCUT2D eigenvalue weighted by Gasteiger charge is 1.92. The van der Waals surface area contributed by atoms with Crippen molar-refractivity contribution in [2.24, 2.45) is 0 Å². The second-order valence-electron chi connectivity index (χ2n) is 1.43. The van der Waals surface area contributed by atoms with Crippen molar-refractivity contribution in [1.29, 1.82) is 0 Å². The van der Waals surface area contributed by atoms with Gasteiger partial charge in [-0.05, 0) is 0 Å². The van der Waals surface area contributed by atoms with Gasteiger partial charge in [0.15, 0.2) is 0 Å². The second-order valence-corrected chi connectivity index (χ2v) is 1.43. The Morgan fingerprint density at radius 1 is 1.80 bits per heavy atom. The van der Waals surface area contributed by atoms with E-state index in [2.05, 4.69) is 21.5 Å². The number of carbonyl (C=O) groups is 1. The summed E-state index contributed by atoms with van der Waals surface area (Å²) in [6.45, 7) is 0. The molecule has 1 aromatic heterocycles. The predicted octanol–water partition coefficient (Wildman–Crippen LogP) is -0.0158. The zero-order valence-electron chi connectivity index (χ0n) is 4.84. The maximum absolute atomic E-state index is 12.0. The molecule has 51 valence electrons. The van der Waals surface area contributed by atoms with E-state index >= 15 is 0 Å². The third kappa shape index (κ3) is 1.48. The SMILES string of the molecule is O=CNc1[c]nc(F)nc1. The first-order valence-corrected chi connectivity index (χ1v) is 2.43. The summed E-state index contributed by atoms with van der Waals surface area (Å²) >= 11 is 0. The monoisotopic (exact) mass is 140 g/mol. The van der Waals surface area contributed by atoms with E-state index < -0.39 is 6.08 Å². The van der Waals surface area contributed by atoms with Gasteiger partial charge in [0.25, 0.3) is 0 Å². The van der Waals surface area contributed by atoms with Crippen LogP contribution >= 0.6 is 0 Å². The van der Waals surface area contributed by atoms with Gasteiger partial charge < -0.3 is 5.32 Å². The molecule has 0 fully saturated rings. The van der Waals surface area contributed by atoms with Crippen LogP contribution in [-0.4, -0.2) is 16.4 Å². The Morgan fingerprint density at radius 3 is 3.10 bits per heavy atom. The smallest absolute Gasteiger partial charge is 0.309 e. The molecule has 1 amide bonds. The van der Waals surface area contributed by atoms with Crippen LogP contribution in [0.15, 0.2) is 6.20 Å². The van der Waals surface area contributed by atoms with E-state index in [4.69, 9.17) is 0 Å². The summed E-state index contributed by atoms with van der Waals surface area (Å²) in [7, 11) is 0. The summed E-state index contributed by atoms with van der Waals surface area (Å²) in [6.07, 6.45) is 2.90. The number of halogens is 1. The fraction of sp³-hybridized carbons (Fsp3) is 0. The van der Waals surface area contributed by atoms with Gasteiger partial charge in [0.05, 0.1) is 11.9 Å². The molecule has 1 aromatic rings. The summed E-state index contributed by atoms with van der Waals surface area (Å²) in [5, 5.41) is 2.21. The summed E-state index contributed by atoms with van der Waals surface area (Å²) in [6, 6.07) is 0. The molecule has 4 nitrogen and oxygen atoms in total. The summed E-state index contributed by atoms with van der Waals surface area (Å²) < 4.78 is 12.0. The van der Waals surface area contributed by atoms with Crippen LogP contribution < -0.4 is 5.32 Å².